The van der Waals surface area contributed by atoms with Crippen LogP contribution in [0.15, 0.2) is 24.3 Å². The van der Waals surface area contributed by atoms with Crippen LogP contribution in [0, 0.1) is 17.3 Å². The van der Waals surface area contributed by atoms with E-state index in [9.17, 15) is 28.8 Å². The quantitative estimate of drug-likeness (QED) is 0.0560. The molecule has 14 heteroatoms. The van der Waals surface area contributed by atoms with Gasteiger partial charge in [0.25, 0.3) is 0 Å². The number of rotatable bonds is 14. The summed E-state index contributed by atoms with van der Waals surface area (Å²) in [5.41, 5.74) is -0.541. The smallest absolute Gasteiger partial charge is 0.338 e. The molecule has 0 aliphatic carbocycles. The molecular weight excluding hydrogens is 705 g/mol. The minimum absolute atomic E-state index is 0.0949. The lowest BCUT2D eigenvalue weighted by atomic mass is 9.70. The standard InChI is InChI=1S/C19H36O5Si2.C13H28O2Si2.C4H2O3/c1-10-19(3,15-13(2)16(20)24-17(15)21)18(22)23-14(11-25(4,5)6)12-26(7,8)9;1-11(2)13(14)15-12(9-16(3,4)5)10-17(6,7)8;5-3-1-2-4(6)7-3/h13-15H,10-12H2,1-9H3;12H,1,9-10H2,2-8H3;1-2H. The molecule has 0 N–H and O–H groups in total. The van der Waals surface area contributed by atoms with Crippen molar-refractivity contribution < 1.29 is 47.7 Å². The van der Waals surface area contributed by atoms with Crippen molar-refractivity contribution in [3.63, 3.8) is 0 Å². The first kappa shape index (κ1) is 47.6. The van der Waals surface area contributed by atoms with E-state index in [-0.39, 0.29) is 24.1 Å². The summed E-state index contributed by atoms with van der Waals surface area (Å²) in [6.45, 7) is 38.1. The fraction of sp³-hybridized carbons (Fsp3) is 0.722. The minimum Gasteiger partial charge on any atom is -0.463 e. The molecule has 2 aliphatic heterocycles. The highest BCUT2D eigenvalue weighted by Gasteiger charge is 2.55. The first-order valence-corrected chi connectivity index (χ1v) is 32.4. The maximum atomic E-state index is 13.2. The molecule has 0 aromatic carbocycles. The van der Waals surface area contributed by atoms with Crippen LogP contribution < -0.4 is 0 Å². The number of carbonyl (C=O) groups is 6. The molecule has 2 rings (SSSR count). The van der Waals surface area contributed by atoms with Crippen molar-refractivity contribution in [2.45, 2.75) is 149 Å². The van der Waals surface area contributed by atoms with Gasteiger partial charge in [-0.3, -0.25) is 14.4 Å². The van der Waals surface area contributed by atoms with Gasteiger partial charge in [-0.25, -0.2) is 14.4 Å². The van der Waals surface area contributed by atoms with Crippen molar-refractivity contribution in [2.24, 2.45) is 17.3 Å². The number of ether oxygens (including phenoxy) is 4. The highest BCUT2D eigenvalue weighted by Crippen LogP contribution is 2.43. The molecule has 3 atom stereocenters. The fourth-order valence-electron chi connectivity index (χ4n) is 5.78. The molecule has 0 bridgehead atoms. The normalized spacial score (nSPS) is 19.2. The second-order valence-corrected chi connectivity index (χ2v) is 40.9. The van der Waals surface area contributed by atoms with Gasteiger partial charge in [0, 0.05) is 50.0 Å². The van der Waals surface area contributed by atoms with E-state index < -0.39 is 73.4 Å². The molecule has 0 aromatic rings. The maximum absolute atomic E-state index is 13.2. The van der Waals surface area contributed by atoms with Gasteiger partial charge in [-0.05, 0) is 44.4 Å². The summed E-state index contributed by atoms with van der Waals surface area (Å²) in [6, 6.07) is 3.92. The summed E-state index contributed by atoms with van der Waals surface area (Å²) in [5.74, 6) is -4.30. The summed E-state index contributed by atoms with van der Waals surface area (Å²) in [4.78, 5) is 68.6. The first-order valence-electron chi connectivity index (χ1n) is 17.6. The molecule has 10 nitrogen and oxygen atoms in total. The van der Waals surface area contributed by atoms with Crippen LogP contribution in [-0.2, 0) is 47.7 Å². The van der Waals surface area contributed by atoms with Crippen LogP contribution in [0.4, 0.5) is 0 Å². The Bertz CT molecular complexity index is 1230. The van der Waals surface area contributed by atoms with E-state index in [2.05, 4.69) is 89.9 Å². The molecule has 0 aromatic heterocycles. The highest BCUT2D eigenvalue weighted by molar-refractivity contribution is 6.78. The lowest BCUT2D eigenvalue weighted by Crippen LogP contribution is -2.45. The van der Waals surface area contributed by atoms with Gasteiger partial charge in [0.1, 0.15) is 0 Å². The van der Waals surface area contributed by atoms with Crippen LogP contribution in [0.25, 0.3) is 0 Å². The van der Waals surface area contributed by atoms with Crippen molar-refractivity contribution in [1.29, 1.82) is 0 Å². The zero-order valence-electron chi connectivity index (χ0n) is 33.8. The first-order chi connectivity index (χ1) is 22.3. The Labute approximate surface area is 305 Å². The number of carbonyl (C=O) groups excluding carboxylic acids is 6. The van der Waals surface area contributed by atoms with Crippen LogP contribution >= 0.6 is 0 Å². The summed E-state index contributed by atoms with van der Waals surface area (Å²) in [5, 5.41) is 0. The summed E-state index contributed by atoms with van der Waals surface area (Å²) >= 11 is 0. The minimum atomic E-state index is -1.43. The Hall–Kier alpha value is -2.43. The van der Waals surface area contributed by atoms with Gasteiger partial charge >= 0.3 is 35.8 Å². The average molecular weight is 771 g/mol. The van der Waals surface area contributed by atoms with Gasteiger partial charge < -0.3 is 18.9 Å². The second-order valence-electron chi connectivity index (χ2n) is 18.7. The molecule has 1 fully saturated rings. The van der Waals surface area contributed by atoms with Crippen LogP contribution in [-0.4, -0.2) is 80.3 Å². The zero-order chi connectivity index (χ0) is 39.6. The van der Waals surface area contributed by atoms with E-state index in [0.29, 0.717) is 12.0 Å². The van der Waals surface area contributed by atoms with Crippen molar-refractivity contribution >= 4 is 68.1 Å². The maximum Gasteiger partial charge on any atom is 0.338 e. The van der Waals surface area contributed by atoms with E-state index in [1.54, 1.807) is 20.8 Å². The van der Waals surface area contributed by atoms with E-state index in [0.717, 1.165) is 36.3 Å². The zero-order valence-corrected chi connectivity index (χ0v) is 37.8. The van der Waals surface area contributed by atoms with Gasteiger partial charge in [0.15, 0.2) is 0 Å². The Balaban J connectivity index is 0.000000848. The molecule has 1 saturated heterocycles. The van der Waals surface area contributed by atoms with Gasteiger partial charge in [-0.15, -0.1) is 0 Å². The molecule has 0 radical (unpaired) electrons. The Morgan fingerprint density at radius 1 is 0.720 bits per heavy atom. The average Bonchev–Trinajstić information content (AvgIpc) is 3.38. The largest absolute Gasteiger partial charge is 0.463 e. The van der Waals surface area contributed by atoms with Crippen molar-refractivity contribution in [1.82, 2.24) is 0 Å². The van der Waals surface area contributed by atoms with Gasteiger partial charge in [-0.2, -0.15) is 0 Å². The van der Waals surface area contributed by atoms with E-state index >= 15 is 0 Å². The lowest BCUT2D eigenvalue weighted by Gasteiger charge is -2.35. The summed E-state index contributed by atoms with van der Waals surface area (Å²) in [6.07, 6.45) is 2.58. The number of cyclic esters (lactones) is 4. The topological polar surface area (TPSA) is 139 Å². The van der Waals surface area contributed by atoms with Gasteiger partial charge in [0.2, 0.25) is 0 Å². The molecular formula is C36H66O10Si4. The molecule has 0 amide bonds. The lowest BCUT2D eigenvalue weighted by molar-refractivity contribution is -0.168. The Morgan fingerprint density at radius 2 is 1.08 bits per heavy atom. The van der Waals surface area contributed by atoms with Crippen LogP contribution in [0.1, 0.15) is 34.1 Å². The summed E-state index contributed by atoms with van der Waals surface area (Å²) < 4.78 is 20.4. The molecule has 0 spiro atoms. The van der Waals surface area contributed by atoms with Gasteiger partial charge in [0.05, 0.1) is 29.5 Å². The van der Waals surface area contributed by atoms with E-state index in [1.165, 1.54) is 0 Å². The molecule has 3 unspecified atom stereocenters. The number of esters is 6. The predicted octanol–water partition coefficient (Wildman–Crippen LogP) is 8.10. The predicted molar refractivity (Wildman–Crippen MR) is 210 cm³/mol. The SMILES string of the molecule is C=C(C)C(=O)OC(C[Si](C)(C)C)C[Si](C)(C)C.CCC(C)(C(=O)OC(C[Si](C)(C)C)C[Si](C)(C)C)C1C(=O)OC(=O)C1C.O=C1C=CC(=O)O1. The molecule has 2 aliphatic rings. The molecule has 286 valence electrons. The molecule has 2 heterocycles. The number of hydrogen-bond acceptors (Lipinski definition) is 10. The van der Waals surface area contributed by atoms with Crippen molar-refractivity contribution in [3.8, 4) is 0 Å². The van der Waals surface area contributed by atoms with Crippen LogP contribution in [0.2, 0.25) is 103 Å². The number of hydrogen-bond donors (Lipinski definition) is 0. The fourth-order valence-corrected chi connectivity index (χ4v) is 12.7. The monoisotopic (exact) mass is 770 g/mol. The third kappa shape index (κ3) is 18.7. The van der Waals surface area contributed by atoms with Crippen molar-refractivity contribution in [2.75, 3.05) is 0 Å². The third-order valence-electron chi connectivity index (χ3n) is 8.03. The Morgan fingerprint density at radius 3 is 1.32 bits per heavy atom. The Kier molecular flexibility index (Phi) is 18.0. The highest BCUT2D eigenvalue weighted by atomic mass is 28.3. The van der Waals surface area contributed by atoms with Crippen LogP contribution in [0.3, 0.4) is 0 Å². The van der Waals surface area contributed by atoms with E-state index in [1.807, 2.05) is 6.92 Å². The molecule has 50 heavy (non-hydrogen) atoms. The van der Waals surface area contributed by atoms with E-state index in [4.69, 9.17) is 14.2 Å². The third-order valence-corrected chi connectivity index (χ3v) is 14.7. The molecule has 0 saturated carbocycles. The summed E-state index contributed by atoms with van der Waals surface area (Å²) in [7, 11) is -5.27. The van der Waals surface area contributed by atoms with Crippen molar-refractivity contribution in [3.05, 3.63) is 24.3 Å². The second kappa shape index (κ2) is 18.9. The van der Waals surface area contributed by atoms with Crippen LogP contribution in [0.5, 0.6) is 0 Å². The van der Waals surface area contributed by atoms with Gasteiger partial charge in [-0.1, -0.05) is 99.0 Å².